The molecule has 3 aromatic rings. The van der Waals surface area contributed by atoms with Crippen molar-refractivity contribution in [2.75, 3.05) is 4.90 Å². The van der Waals surface area contributed by atoms with E-state index < -0.39 is 11.8 Å². The van der Waals surface area contributed by atoms with Crippen molar-refractivity contribution in [2.24, 2.45) is 0 Å². The van der Waals surface area contributed by atoms with Crippen LogP contribution in [0.1, 0.15) is 16.9 Å². The van der Waals surface area contributed by atoms with Crippen LogP contribution in [0.2, 0.25) is 0 Å². The first-order chi connectivity index (χ1) is 14.4. The Hall–Kier alpha value is -3.23. The summed E-state index contributed by atoms with van der Waals surface area (Å²) < 4.78 is 5.76. The lowest BCUT2D eigenvalue weighted by Gasteiger charge is -2.29. The van der Waals surface area contributed by atoms with E-state index in [4.69, 9.17) is 16.6 Å². The Kier molecular flexibility index (Phi) is 5.52. The predicted molar refractivity (Wildman–Crippen MR) is 119 cm³/mol. The number of aromatic nitrogens is 1. The average Bonchev–Trinajstić information content (AvgIpc) is 3.12. The van der Waals surface area contributed by atoms with Gasteiger partial charge in [-0.2, -0.15) is 0 Å². The number of nitrogens with one attached hydrogen (secondary N) is 1. The van der Waals surface area contributed by atoms with Crippen molar-refractivity contribution in [2.45, 2.75) is 24.0 Å². The van der Waals surface area contributed by atoms with E-state index >= 15 is 0 Å². The molecule has 0 unspecified atom stereocenters. The maximum Gasteiger partial charge on any atom is 0.270 e. The number of benzene rings is 1. The summed E-state index contributed by atoms with van der Waals surface area (Å²) in [6.07, 6.45) is 3.13. The van der Waals surface area contributed by atoms with Crippen LogP contribution >= 0.6 is 24.0 Å². The van der Waals surface area contributed by atoms with Crippen LogP contribution in [0, 0.1) is 13.8 Å². The Morgan fingerprint density at radius 1 is 1.10 bits per heavy atom. The fourth-order valence-electron chi connectivity index (χ4n) is 3.09. The highest BCUT2D eigenvalue weighted by Gasteiger charge is 2.34. The quantitative estimate of drug-likeness (QED) is 0.375. The van der Waals surface area contributed by atoms with Crippen LogP contribution < -0.4 is 10.2 Å². The minimum atomic E-state index is -0.555. The molecule has 2 aromatic heterocycles. The molecule has 1 aliphatic rings. The van der Waals surface area contributed by atoms with Gasteiger partial charge in [0.2, 0.25) is 0 Å². The summed E-state index contributed by atoms with van der Waals surface area (Å²) in [5.41, 5.74) is 2.54. The molecule has 0 saturated carbocycles. The molecule has 1 fully saturated rings. The van der Waals surface area contributed by atoms with Gasteiger partial charge in [0.25, 0.3) is 11.8 Å². The fraction of sp³-hybridized carbons (Fsp3) is 0.0909. The largest absolute Gasteiger partial charge is 0.450 e. The molecule has 0 atom stereocenters. The summed E-state index contributed by atoms with van der Waals surface area (Å²) in [5.74, 6) is -0.662. The topological polar surface area (TPSA) is 75.4 Å². The van der Waals surface area contributed by atoms with Gasteiger partial charge in [-0.1, -0.05) is 12.1 Å². The molecular formula is C22H17N3O3S2. The lowest BCUT2D eigenvalue weighted by molar-refractivity contribution is -0.122. The molecule has 3 heterocycles. The van der Waals surface area contributed by atoms with Crippen LogP contribution in [0.4, 0.5) is 5.69 Å². The number of amides is 2. The number of carbonyl (C=O) groups excluding carboxylic acids is 2. The number of carbonyl (C=O) groups is 2. The standard InChI is InChI=1S/C22H17N3O3S2/c1-13-9-14(2)11-15(10-13)25-21(27)17(20(26)24-22(25)29)12-16-6-7-19(28-16)30-18-5-3-4-8-23-18/h3-12H,1-2H3,(H,24,26,29)/b17-12+. The Balaban J connectivity index is 1.63. The van der Waals surface area contributed by atoms with Crippen LogP contribution in [-0.2, 0) is 9.59 Å². The average molecular weight is 436 g/mol. The second-order valence-corrected chi connectivity index (χ2v) is 8.14. The summed E-state index contributed by atoms with van der Waals surface area (Å²) in [7, 11) is 0. The molecule has 0 radical (unpaired) electrons. The van der Waals surface area contributed by atoms with Gasteiger partial charge in [-0.25, -0.2) is 4.98 Å². The number of hydrogen-bond donors (Lipinski definition) is 1. The van der Waals surface area contributed by atoms with E-state index in [1.165, 1.54) is 22.7 Å². The van der Waals surface area contributed by atoms with E-state index in [1.807, 2.05) is 50.2 Å². The van der Waals surface area contributed by atoms with Gasteiger partial charge in [0.1, 0.15) is 16.4 Å². The maximum atomic E-state index is 13.1. The lowest BCUT2D eigenvalue weighted by Crippen LogP contribution is -2.54. The van der Waals surface area contributed by atoms with E-state index in [9.17, 15) is 9.59 Å². The van der Waals surface area contributed by atoms with E-state index in [0.717, 1.165) is 16.2 Å². The zero-order chi connectivity index (χ0) is 21.3. The third kappa shape index (κ3) is 4.19. The molecule has 0 bridgehead atoms. The Bertz CT molecular complexity index is 1170. The van der Waals surface area contributed by atoms with Crippen molar-refractivity contribution < 1.29 is 14.0 Å². The highest BCUT2D eigenvalue weighted by atomic mass is 32.2. The molecule has 2 amide bonds. The van der Waals surface area contributed by atoms with Crippen LogP contribution in [0.15, 0.2) is 74.8 Å². The zero-order valence-corrected chi connectivity index (χ0v) is 17.8. The molecule has 150 valence electrons. The third-order valence-corrected chi connectivity index (χ3v) is 5.45. The Morgan fingerprint density at radius 2 is 1.87 bits per heavy atom. The van der Waals surface area contributed by atoms with Gasteiger partial charge >= 0.3 is 0 Å². The van der Waals surface area contributed by atoms with E-state index in [0.29, 0.717) is 16.5 Å². The molecule has 1 saturated heterocycles. The molecule has 6 nitrogen and oxygen atoms in total. The first-order valence-electron chi connectivity index (χ1n) is 9.09. The van der Waals surface area contributed by atoms with Gasteiger partial charge < -0.3 is 4.42 Å². The van der Waals surface area contributed by atoms with Gasteiger partial charge in [-0.3, -0.25) is 19.8 Å². The summed E-state index contributed by atoms with van der Waals surface area (Å²) in [4.78, 5) is 31.1. The molecule has 0 spiro atoms. The highest BCUT2D eigenvalue weighted by molar-refractivity contribution is 7.99. The Labute approximate surface area is 183 Å². The van der Waals surface area contributed by atoms with Crippen molar-refractivity contribution in [3.05, 3.63) is 77.2 Å². The summed E-state index contributed by atoms with van der Waals surface area (Å²) >= 11 is 6.61. The molecule has 1 aromatic carbocycles. The number of thiocarbonyl (C=S) groups is 1. The number of anilines is 1. The normalized spacial score (nSPS) is 15.6. The maximum absolute atomic E-state index is 13.1. The Morgan fingerprint density at radius 3 is 2.57 bits per heavy atom. The van der Waals surface area contributed by atoms with Crippen LogP contribution in [-0.4, -0.2) is 21.9 Å². The van der Waals surface area contributed by atoms with Gasteiger partial charge in [-0.05, 0) is 91.4 Å². The van der Waals surface area contributed by atoms with E-state index in [1.54, 1.807) is 18.3 Å². The monoisotopic (exact) mass is 435 g/mol. The SMILES string of the molecule is Cc1cc(C)cc(N2C(=O)/C(=C/c3ccc(Sc4ccccn4)o3)C(=O)NC2=S)c1. The molecule has 30 heavy (non-hydrogen) atoms. The molecular weight excluding hydrogens is 418 g/mol. The van der Waals surface area contributed by atoms with E-state index in [2.05, 4.69) is 10.3 Å². The molecule has 8 heteroatoms. The van der Waals surface area contributed by atoms with Gasteiger partial charge in [-0.15, -0.1) is 0 Å². The van der Waals surface area contributed by atoms with E-state index in [-0.39, 0.29) is 10.7 Å². The number of hydrogen-bond acceptors (Lipinski definition) is 6. The fourth-order valence-corrected chi connectivity index (χ4v) is 4.11. The lowest BCUT2D eigenvalue weighted by atomic mass is 10.1. The second-order valence-electron chi connectivity index (χ2n) is 6.73. The minimum absolute atomic E-state index is 0.0495. The zero-order valence-electron chi connectivity index (χ0n) is 16.2. The molecule has 1 N–H and O–H groups in total. The summed E-state index contributed by atoms with van der Waals surface area (Å²) in [6.45, 7) is 3.87. The third-order valence-electron chi connectivity index (χ3n) is 4.30. The summed E-state index contributed by atoms with van der Waals surface area (Å²) in [6, 6.07) is 14.8. The highest BCUT2D eigenvalue weighted by Crippen LogP contribution is 2.29. The molecule has 1 aliphatic heterocycles. The van der Waals surface area contributed by atoms with Gasteiger partial charge in [0, 0.05) is 6.20 Å². The number of pyridine rings is 1. The number of furan rings is 1. The molecule has 0 aliphatic carbocycles. The molecule has 4 rings (SSSR count). The number of aryl methyl sites for hydroxylation is 2. The minimum Gasteiger partial charge on any atom is -0.450 e. The first kappa shape index (κ1) is 20.1. The second kappa shape index (κ2) is 8.25. The smallest absolute Gasteiger partial charge is 0.270 e. The van der Waals surface area contributed by atoms with Crippen molar-refractivity contribution >= 4 is 52.7 Å². The van der Waals surface area contributed by atoms with Gasteiger partial charge in [0.15, 0.2) is 10.2 Å². The summed E-state index contributed by atoms with van der Waals surface area (Å²) in [5, 5.41) is 4.02. The van der Waals surface area contributed by atoms with Crippen molar-refractivity contribution in [1.82, 2.24) is 10.3 Å². The van der Waals surface area contributed by atoms with Crippen LogP contribution in [0.5, 0.6) is 0 Å². The predicted octanol–water partition coefficient (Wildman–Crippen LogP) is 4.27. The van der Waals surface area contributed by atoms with Crippen molar-refractivity contribution in [3.8, 4) is 0 Å². The van der Waals surface area contributed by atoms with Crippen molar-refractivity contribution in [3.63, 3.8) is 0 Å². The van der Waals surface area contributed by atoms with Crippen LogP contribution in [0.25, 0.3) is 6.08 Å². The number of rotatable bonds is 4. The van der Waals surface area contributed by atoms with Crippen LogP contribution in [0.3, 0.4) is 0 Å². The van der Waals surface area contributed by atoms with Crippen molar-refractivity contribution in [1.29, 1.82) is 0 Å². The first-order valence-corrected chi connectivity index (χ1v) is 10.3. The van der Waals surface area contributed by atoms with Gasteiger partial charge in [0.05, 0.1) is 5.69 Å². The number of nitrogens with zero attached hydrogens (tertiary/aromatic N) is 2.